The summed E-state index contributed by atoms with van der Waals surface area (Å²) in [6.07, 6.45) is 1.46. The minimum atomic E-state index is -0.492. The highest BCUT2D eigenvalue weighted by molar-refractivity contribution is 9.11. The van der Waals surface area contributed by atoms with Crippen molar-refractivity contribution in [3.05, 3.63) is 61.5 Å². The van der Waals surface area contributed by atoms with Gasteiger partial charge in [0.05, 0.1) is 0 Å². The summed E-state index contributed by atoms with van der Waals surface area (Å²) in [6.45, 7) is 0. The Kier molecular flexibility index (Phi) is 4.71. The van der Waals surface area contributed by atoms with Crippen molar-refractivity contribution in [2.45, 2.75) is 6.42 Å². The minimum absolute atomic E-state index is 0.0593. The zero-order valence-electron chi connectivity index (χ0n) is 9.46. The molecule has 0 aliphatic carbocycles. The van der Waals surface area contributed by atoms with Crippen LogP contribution in [-0.2, 0) is 6.42 Å². The molecule has 2 rings (SSSR count). The summed E-state index contributed by atoms with van der Waals surface area (Å²) in [5.41, 5.74) is 0.573. The molecule has 0 N–H and O–H groups in total. The molecule has 0 spiro atoms. The van der Waals surface area contributed by atoms with Gasteiger partial charge in [-0.25, -0.2) is 4.39 Å². The van der Waals surface area contributed by atoms with E-state index in [-0.39, 0.29) is 17.9 Å². The van der Waals surface area contributed by atoms with Crippen molar-refractivity contribution in [1.29, 1.82) is 0 Å². The Hall–Kier alpha value is -0.780. The molecule has 0 saturated heterocycles. The number of aromatic nitrogens is 1. The predicted octanol–water partition coefficient (Wildman–Crippen LogP) is 4.82. The largest absolute Gasteiger partial charge is 0.292 e. The molecule has 0 bridgehead atoms. The molecule has 1 aromatic carbocycles. The van der Waals surface area contributed by atoms with E-state index in [9.17, 15) is 9.18 Å². The van der Waals surface area contributed by atoms with Crippen molar-refractivity contribution >= 4 is 49.2 Å². The average Bonchev–Trinajstić information content (AvgIpc) is 2.32. The fourth-order valence-electron chi connectivity index (χ4n) is 1.54. The molecule has 0 unspecified atom stereocenters. The van der Waals surface area contributed by atoms with Crippen LogP contribution in [0.2, 0.25) is 5.02 Å². The van der Waals surface area contributed by atoms with Gasteiger partial charge in [0, 0.05) is 26.6 Å². The number of carbonyl (C=O) groups excluding carboxylic acids is 1. The Labute approximate surface area is 131 Å². The monoisotopic (exact) mass is 405 g/mol. The van der Waals surface area contributed by atoms with Gasteiger partial charge in [-0.1, -0.05) is 17.7 Å². The molecule has 0 aliphatic rings. The molecule has 1 aromatic heterocycles. The lowest BCUT2D eigenvalue weighted by atomic mass is 10.1. The molecule has 2 nitrogen and oxygen atoms in total. The van der Waals surface area contributed by atoms with Gasteiger partial charge in [0.15, 0.2) is 5.78 Å². The Morgan fingerprint density at radius 2 is 2.05 bits per heavy atom. The number of hydrogen-bond donors (Lipinski definition) is 0. The van der Waals surface area contributed by atoms with Crippen molar-refractivity contribution in [1.82, 2.24) is 4.98 Å². The molecular weight excluding hydrogens is 400 g/mol. The van der Waals surface area contributed by atoms with Crippen LogP contribution in [0.3, 0.4) is 0 Å². The van der Waals surface area contributed by atoms with Gasteiger partial charge in [-0.3, -0.25) is 9.78 Å². The molecule has 0 atom stereocenters. The van der Waals surface area contributed by atoms with Gasteiger partial charge in [-0.05, 0) is 55.6 Å². The standard InChI is InChI=1S/C13H7Br2ClFNO/c14-8-4-10(15)13(18-6-8)12(19)3-7-1-2-9(16)5-11(7)17/h1-2,4-6H,3H2. The lowest BCUT2D eigenvalue weighted by Gasteiger charge is -2.05. The molecule has 1 heterocycles. The van der Waals surface area contributed by atoms with Crippen molar-refractivity contribution in [3.8, 4) is 0 Å². The van der Waals surface area contributed by atoms with Crippen LogP contribution in [0.4, 0.5) is 4.39 Å². The number of benzene rings is 1. The van der Waals surface area contributed by atoms with E-state index in [4.69, 9.17) is 11.6 Å². The summed E-state index contributed by atoms with van der Waals surface area (Å²) in [5.74, 6) is -0.755. The number of carbonyl (C=O) groups is 1. The smallest absolute Gasteiger partial charge is 0.186 e. The number of halogens is 4. The first-order chi connectivity index (χ1) is 8.97. The Morgan fingerprint density at radius 3 is 2.68 bits per heavy atom. The van der Waals surface area contributed by atoms with Crippen LogP contribution in [0.1, 0.15) is 16.1 Å². The molecule has 0 radical (unpaired) electrons. The molecular formula is C13H7Br2ClFNO. The third kappa shape index (κ3) is 3.61. The highest BCUT2D eigenvalue weighted by Crippen LogP contribution is 2.22. The zero-order chi connectivity index (χ0) is 14.0. The van der Waals surface area contributed by atoms with E-state index in [0.29, 0.717) is 15.1 Å². The summed E-state index contributed by atoms with van der Waals surface area (Å²) in [7, 11) is 0. The van der Waals surface area contributed by atoms with E-state index in [2.05, 4.69) is 36.8 Å². The van der Waals surface area contributed by atoms with E-state index in [1.807, 2.05) is 0 Å². The fourth-order valence-corrected chi connectivity index (χ4v) is 2.91. The van der Waals surface area contributed by atoms with Gasteiger partial charge in [-0.15, -0.1) is 0 Å². The number of rotatable bonds is 3. The maximum Gasteiger partial charge on any atom is 0.186 e. The molecule has 0 amide bonds. The number of hydrogen-bond acceptors (Lipinski definition) is 2. The van der Waals surface area contributed by atoms with Crippen LogP contribution >= 0.6 is 43.5 Å². The van der Waals surface area contributed by atoms with Gasteiger partial charge in [0.25, 0.3) is 0 Å². The Bertz CT molecular complexity index is 649. The summed E-state index contributed by atoms with van der Waals surface area (Å²) in [5, 5.41) is 0.302. The second-order valence-electron chi connectivity index (χ2n) is 3.82. The maximum absolute atomic E-state index is 13.6. The van der Waals surface area contributed by atoms with Crippen LogP contribution in [0, 0.1) is 5.82 Å². The number of nitrogens with zero attached hydrogens (tertiary/aromatic N) is 1. The Balaban J connectivity index is 2.25. The second-order valence-corrected chi connectivity index (χ2v) is 6.03. The van der Waals surface area contributed by atoms with E-state index in [1.54, 1.807) is 12.1 Å². The first-order valence-corrected chi connectivity index (χ1v) is 7.22. The van der Waals surface area contributed by atoms with E-state index < -0.39 is 5.82 Å². The summed E-state index contributed by atoms with van der Waals surface area (Å²) in [4.78, 5) is 16.1. The first-order valence-electron chi connectivity index (χ1n) is 5.25. The molecule has 0 fully saturated rings. The van der Waals surface area contributed by atoms with Gasteiger partial charge < -0.3 is 0 Å². The first kappa shape index (κ1) is 14.6. The number of pyridine rings is 1. The zero-order valence-corrected chi connectivity index (χ0v) is 13.4. The summed E-state index contributed by atoms with van der Waals surface area (Å²) >= 11 is 12.2. The fraction of sp³-hybridized carbons (Fsp3) is 0.0769. The van der Waals surface area contributed by atoms with Crippen LogP contribution < -0.4 is 0 Å². The number of ketones is 1. The highest BCUT2D eigenvalue weighted by atomic mass is 79.9. The number of Topliss-reactive ketones (excluding diaryl/α,β-unsaturated/α-hetero) is 1. The van der Waals surface area contributed by atoms with Crippen LogP contribution in [-0.4, -0.2) is 10.8 Å². The van der Waals surface area contributed by atoms with Crippen molar-refractivity contribution < 1.29 is 9.18 Å². The maximum atomic E-state index is 13.6. The van der Waals surface area contributed by atoms with Crippen LogP contribution in [0.15, 0.2) is 39.4 Å². The second kappa shape index (κ2) is 6.11. The van der Waals surface area contributed by atoms with Crippen LogP contribution in [0.25, 0.3) is 0 Å². The average molecular weight is 407 g/mol. The van der Waals surface area contributed by atoms with E-state index >= 15 is 0 Å². The summed E-state index contributed by atoms with van der Waals surface area (Å²) < 4.78 is 14.9. The highest BCUT2D eigenvalue weighted by Gasteiger charge is 2.15. The van der Waals surface area contributed by atoms with E-state index in [0.717, 1.165) is 4.47 Å². The third-order valence-corrected chi connectivity index (χ3v) is 3.71. The molecule has 19 heavy (non-hydrogen) atoms. The molecule has 0 aliphatic heterocycles. The topological polar surface area (TPSA) is 30.0 Å². The normalized spacial score (nSPS) is 10.5. The SMILES string of the molecule is O=C(Cc1ccc(Cl)cc1F)c1ncc(Br)cc1Br. The lowest BCUT2D eigenvalue weighted by molar-refractivity contribution is 0.0986. The predicted molar refractivity (Wildman–Crippen MR) is 79.1 cm³/mol. The molecule has 98 valence electrons. The third-order valence-electron chi connectivity index (χ3n) is 2.44. The Morgan fingerprint density at radius 1 is 1.32 bits per heavy atom. The van der Waals surface area contributed by atoms with Crippen LogP contribution in [0.5, 0.6) is 0 Å². The molecule has 0 saturated carbocycles. The minimum Gasteiger partial charge on any atom is -0.292 e. The lowest BCUT2D eigenvalue weighted by Crippen LogP contribution is -2.08. The van der Waals surface area contributed by atoms with Gasteiger partial charge in [-0.2, -0.15) is 0 Å². The van der Waals surface area contributed by atoms with Crippen molar-refractivity contribution in [3.63, 3.8) is 0 Å². The van der Waals surface area contributed by atoms with Gasteiger partial charge >= 0.3 is 0 Å². The van der Waals surface area contributed by atoms with Crippen molar-refractivity contribution in [2.75, 3.05) is 0 Å². The van der Waals surface area contributed by atoms with Gasteiger partial charge in [0.1, 0.15) is 11.5 Å². The molecule has 6 heteroatoms. The van der Waals surface area contributed by atoms with Gasteiger partial charge in [0.2, 0.25) is 0 Å². The summed E-state index contributed by atoms with van der Waals surface area (Å²) in [6, 6.07) is 5.96. The quantitative estimate of drug-likeness (QED) is 0.683. The molecule has 2 aromatic rings. The van der Waals surface area contributed by atoms with E-state index in [1.165, 1.54) is 18.3 Å². The van der Waals surface area contributed by atoms with Crippen molar-refractivity contribution in [2.24, 2.45) is 0 Å².